The molecule has 3 aromatic rings. The van der Waals surface area contributed by atoms with E-state index in [1.165, 1.54) is 24.3 Å². The van der Waals surface area contributed by atoms with Crippen molar-refractivity contribution in [2.45, 2.75) is 30.3 Å². The molecule has 0 radical (unpaired) electrons. The van der Waals surface area contributed by atoms with Gasteiger partial charge in [0.15, 0.2) is 0 Å². The molecule has 3 N–H and O–H groups in total. The lowest BCUT2D eigenvalue weighted by Crippen LogP contribution is -2.25. The first-order chi connectivity index (χ1) is 14.9. The highest BCUT2D eigenvalue weighted by Crippen LogP contribution is 2.27. The molecule has 1 fully saturated rings. The lowest BCUT2D eigenvalue weighted by Gasteiger charge is -2.11. The maximum absolute atomic E-state index is 12.5. The minimum Gasteiger partial charge on any atom is -0.380 e. The van der Waals surface area contributed by atoms with Crippen molar-refractivity contribution in [1.29, 1.82) is 0 Å². The Kier molecular flexibility index (Phi) is 6.27. The smallest absolute Gasteiger partial charge is 0.255 e. The van der Waals surface area contributed by atoms with Crippen LogP contribution in [0.2, 0.25) is 5.02 Å². The summed E-state index contributed by atoms with van der Waals surface area (Å²) in [6, 6.07) is 21.1. The van der Waals surface area contributed by atoms with E-state index in [0.717, 1.165) is 24.1 Å². The fraction of sp³-hybridized carbons (Fsp3) is 0.174. The van der Waals surface area contributed by atoms with Crippen molar-refractivity contribution in [1.82, 2.24) is 4.72 Å². The Morgan fingerprint density at radius 1 is 0.968 bits per heavy atom. The molecule has 3 aromatic carbocycles. The minimum atomic E-state index is -3.54. The molecule has 0 saturated heterocycles. The number of halogens is 1. The van der Waals surface area contributed by atoms with Crippen LogP contribution in [0.3, 0.4) is 0 Å². The van der Waals surface area contributed by atoms with E-state index in [-0.39, 0.29) is 16.8 Å². The monoisotopic (exact) mass is 455 g/mol. The molecule has 1 amide bonds. The van der Waals surface area contributed by atoms with Gasteiger partial charge >= 0.3 is 0 Å². The van der Waals surface area contributed by atoms with Gasteiger partial charge in [-0.2, -0.15) is 0 Å². The summed E-state index contributed by atoms with van der Waals surface area (Å²) in [5.41, 5.74) is 2.80. The average Bonchev–Trinajstić information content (AvgIpc) is 3.57. The number of benzene rings is 3. The highest BCUT2D eigenvalue weighted by Gasteiger charge is 2.28. The second-order valence-electron chi connectivity index (χ2n) is 7.41. The van der Waals surface area contributed by atoms with Crippen LogP contribution < -0.4 is 15.4 Å². The Labute approximate surface area is 186 Å². The van der Waals surface area contributed by atoms with E-state index in [2.05, 4.69) is 15.4 Å². The molecule has 0 aromatic heterocycles. The van der Waals surface area contributed by atoms with Crippen LogP contribution in [0.1, 0.15) is 28.8 Å². The minimum absolute atomic E-state index is 0.0304. The summed E-state index contributed by atoms with van der Waals surface area (Å²) in [6.45, 7) is 0.636. The predicted octanol–water partition coefficient (Wildman–Crippen LogP) is 4.65. The lowest BCUT2D eigenvalue weighted by molar-refractivity contribution is 0.102. The topological polar surface area (TPSA) is 87.3 Å². The first-order valence-electron chi connectivity index (χ1n) is 9.92. The van der Waals surface area contributed by atoms with Crippen molar-refractivity contribution < 1.29 is 13.2 Å². The molecular weight excluding hydrogens is 434 g/mol. The summed E-state index contributed by atoms with van der Waals surface area (Å²) in [5, 5.41) is 6.54. The quantitative estimate of drug-likeness (QED) is 0.461. The number of nitrogens with one attached hydrogen (secondary N) is 3. The van der Waals surface area contributed by atoms with Crippen LogP contribution in [-0.4, -0.2) is 20.4 Å². The maximum Gasteiger partial charge on any atom is 0.255 e. The fourth-order valence-electron chi connectivity index (χ4n) is 3.01. The molecule has 4 rings (SSSR count). The lowest BCUT2D eigenvalue weighted by atomic mass is 10.2. The number of hydrogen-bond acceptors (Lipinski definition) is 4. The Bertz CT molecular complexity index is 1180. The van der Waals surface area contributed by atoms with Crippen LogP contribution in [0.4, 0.5) is 11.4 Å². The Morgan fingerprint density at radius 2 is 1.68 bits per heavy atom. The molecule has 0 aliphatic heterocycles. The van der Waals surface area contributed by atoms with Crippen LogP contribution in [0, 0.1) is 0 Å². The second kappa shape index (κ2) is 9.09. The molecule has 0 unspecified atom stereocenters. The van der Waals surface area contributed by atoms with Gasteiger partial charge in [-0.3, -0.25) is 4.79 Å². The highest BCUT2D eigenvalue weighted by atomic mass is 35.5. The first-order valence-corrected chi connectivity index (χ1v) is 11.8. The van der Waals surface area contributed by atoms with Crippen molar-refractivity contribution in [2.24, 2.45) is 0 Å². The van der Waals surface area contributed by atoms with E-state index in [0.29, 0.717) is 22.8 Å². The van der Waals surface area contributed by atoms with Gasteiger partial charge in [0.1, 0.15) is 0 Å². The Balaban J connectivity index is 1.38. The predicted molar refractivity (Wildman–Crippen MR) is 123 cm³/mol. The van der Waals surface area contributed by atoms with Crippen molar-refractivity contribution in [2.75, 3.05) is 10.6 Å². The Hall–Kier alpha value is -2.87. The van der Waals surface area contributed by atoms with Crippen LogP contribution in [0.25, 0.3) is 0 Å². The number of rotatable bonds is 8. The third-order valence-electron chi connectivity index (χ3n) is 4.88. The van der Waals surface area contributed by atoms with Gasteiger partial charge in [0, 0.05) is 23.8 Å². The summed E-state index contributed by atoms with van der Waals surface area (Å²) in [5.74, 6) is -0.347. The van der Waals surface area contributed by atoms with Gasteiger partial charge in [-0.05, 0) is 60.9 Å². The largest absolute Gasteiger partial charge is 0.380 e. The molecule has 31 heavy (non-hydrogen) atoms. The number of carbonyl (C=O) groups is 1. The number of sulfonamides is 1. The van der Waals surface area contributed by atoms with Crippen molar-refractivity contribution in [3.63, 3.8) is 0 Å². The van der Waals surface area contributed by atoms with E-state index in [4.69, 9.17) is 11.6 Å². The summed E-state index contributed by atoms with van der Waals surface area (Å²) in [6.07, 6.45) is 1.73. The van der Waals surface area contributed by atoms with Crippen molar-refractivity contribution in [3.8, 4) is 0 Å². The van der Waals surface area contributed by atoms with Crippen molar-refractivity contribution in [3.05, 3.63) is 88.9 Å². The normalized spacial score (nSPS) is 13.6. The molecule has 0 bridgehead atoms. The van der Waals surface area contributed by atoms with Gasteiger partial charge in [0.2, 0.25) is 10.0 Å². The standard InChI is InChI=1S/C23H22ClN3O3S/c24-21-14-19(10-13-22(21)25-15-16-4-2-1-3-5-16)26-23(28)17-6-11-20(12-7-17)31(29,30)27-18-8-9-18/h1-7,10-14,18,25,27H,8-9,15H2,(H,26,28). The zero-order chi connectivity index (χ0) is 21.8. The van der Waals surface area contributed by atoms with Crippen LogP contribution in [-0.2, 0) is 16.6 Å². The van der Waals surface area contributed by atoms with E-state index in [9.17, 15) is 13.2 Å². The van der Waals surface area contributed by atoms with Gasteiger partial charge < -0.3 is 10.6 Å². The first kappa shape index (κ1) is 21.4. The molecule has 0 heterocycles. The summed E-state index contributed by atoms with van der Waals surface area (Å²) in [7, 11) is -3.54. The molecule has 0 spiro atoms. The summed E-state index contributed by atoms with van der Waals surface area (Å²) >= 11 is 6.36. The summed E-state index contributed by atoms with van der Waals surface area (Å²) in [4.78, 5) is 12.7. The number of amides is 1. The SMILES string of the molecule is O=C(Nc1ccc(NCc2ccccc2)c(Cl)c1)c1ccc(S(=O)(=O)NC2CC2)cc1. The van der Waals surface area contributed by atoms with E-state index in [1.54, 1.807) is 18.2 Å². The third kappa shape index (κ3) is 5.64. The molecular formula is C23H22ClN3O3S. The highest BCUT2D eigenvalue weighted by molar-refractivity contribution is 7.89. The molecule has 8 heteroatoms. The summed E-state index contributed by atoms with van der Waals surface area (Å²) < 4.78 is 27.1. The Morgan fingerprint density at radius 3 is 2.32 bits per heavy atom. The van der Waals surface area contributed by atoms with E-state index >= 15 is 0 Å². The zero-order valence-corrected chi connectivity index (χ0v) is 18.2. The fourth-order valence-corrected chi connectivity index (χ4v) is 4.56. The van der Waals surface area contributed by atoms with Crippen LogP contribution >= 0.6 is 11.6 Å². The van der Waals surface area contributed by atoms with Gasteiger partial charge in [0.25, 0.3) is 5.91 Å². The molecule has 0 atom stereocenters. The van der Waals surface area contributed by atoms with Gasteiger partial charge in [0.05, 0.1) is 15.6 Å². The number of anilines is 2. The second-order valence-corrected chi connectivity index (χ2v) is 9.53. The van der Waals surface area contributed by atoms with Crippen LogP contribution in [0.5, 0.6) is 0 Å². The van der Waals surface area contributed by atoms with Gasteiger partial charge in [-0.1, -0.05) is 41.9 Å². The van der Waals surface area contributed by atoms with Gasteiger partial charge in [-0.15, -0.1) is 0 Å². The van der Waals surface area contributed by atoms with E-state index in [1.807, 2.05) is 30.3 Å². The maximum atomic E-state index is 12.5. The van der Waals surface area contributed by atoms with Gasteiger partial charge in [-0.25, -0.2) is 13.1 Å². The van der Waals surface area contributed by atoms with E-state index < -0.39 is 10.0 Å². The average molecular weight is 456 g/mol. The molecule has 1 aliphatic carbocycles. The van der Waals surface area contributed by atoms with Crippen molar-refractivity contribution >= 4 is 38.9 Å². The molecule has 160 valence electrons. The molecule has 1 aliphatic rings. The number of carbonyl (C=O) groups excluding carboxylic acids is 1. The zero-order valence-electron chi connectivity index (χ0n) is 16.6. The van der Waals surface area contributed by atoms with Crippen LogP contribution in [0.15, 0.2) is 77.7 Å². The molecule has 6 nitrogen and oxygen atoms in total. The number of hydrogen-bond donors (Lipinski definition) is 3. The molecule has 1 saturated carbocycles. The third-order valence-corrected chi connectivity index (χ3v) is 6.73.